The van der Waals surface area contributed by atoms with Gasteiger partial charge in [-0.05, 0) is 37.3 Å². The van der Waals surface area contributed by atoms with Crippen molar-refractivity contribution >= 4 is 46.2 Å². The summed E-state index contributed by atoms with van der Waals surface area (Å²) in [7, 11) is 0. The molecule has 0 amide bonds. The van der Waals surface area contributed by atoms with Crippen molar-refractivity contribution in [1.82, 2.24) is 9.80 Å². The molecular formula is C14H19Cl2N3S. The molecule has 6 heteroatoms. The van der Waals surface area contributed by atoms with Crippen LogP contribution in [0.3, 0.4) is 0 Å². The predicted octanol–water partition coefficient (Wildman–Crippen LogP) is 3.72. The van der Waals surface area contributed by atoms with Gasteiger partial charge in [0, 0.05) is 26.2 Å². The average molecular weight is 332 g/mol. The third kappa shape index (κ3) is 3.98. The van der Waals surface area contributed by atoms with Crippen molar-refractivity contribution in [3.05, 3.63) is 28.2 Å². The molecule has 1 fully saturated rings. The van der Waals surface area contributed by atoms with Gasteiger partial charge < -0.3 is 10.2 Å². The monoisotopic (exact) mass is 331 g/mol. The lowest BCUT2D eigenvalue weighted by atomic mass is 10.3. The van der Waals surface area contributed by atoms with E-state index in [4.69, 9.17) is 35.4 Å². The summed E-state index contributed by atoms with van der Waals surface area (Å²) in [5.41, 5.74) is 0.764. The van der Waals surface area contributed by atoms with E-state index in [1.54, 1.807) is 6.07 Å². The van der Waals surface area contributed by atoms with Gasteiger partial charge in [-0.2, -0.15) is 0 Å². The molecule has 3 nitrogen and oxygen atoms in total. The summed E-state index contributed by atoms with van der Waals surface area (Å²) in [6.45, 7) is 7.37. The fourth-order valence-corrected chi connectivity index (χ4v) is 2.93. The first kappa shape index (κ1) is 15.8. The van der Waals surface area contributed by atoms with E-state index in [0.717, 1.165) is 38.4 Å². The van der Waals surface area contributed by atoms with Crippen molar-refractivity contribution in [3.63, 3.8) is 0 Å². The maximum atomic E-state index is 6.16. The first-order valence-electron chi connectivity index (χ1n) is 6.84. The molecule has 1 saturated heterocycles. The van der Waals surface area contributed by atoms with Crippen molar-refractivity contribution in [3.8, 4) is 0 Å². The molecule has 0 atom stereocenters. The summed E-state index contributed by atoms with van der Waals surface area (Å²) < 4.78 is 0. The van der Waals surface area contributed by atoms with Gasteiger partial charge in [0.15, 0.2) is 5.11 Å². The van der Waals surface area contributed by atoms with Crippen LogP contribution in [-0.2, 0) is 0 Å². The van der Waals surface area contributed by atoms with E-state index in [-0.39, 0.29) is 0 Å². The molecular weight excluding hydrogens is 313 g/mol. The minimum Gasteiger partial charge on any atom is -0.346 e. The number of halogens is 2. The molecule has 20 heavy (non-hydrogen) atoms. The Morgan fingerprint density at radius 1 is 1.25 bits per heavy atom. The van der Waals surface area contributed by atoms with Crippen LogP contribution in [0.4, 0.5) is 5.69 Å². The summed E-state index contributed by atoms with van der Waals surface area (Å²) in [4.78, 5) is 4.64. The van der Waals surface area contributed by atoms with Crippen molar-refractivity contribution in [2.24, 2.45) is 0 Å². The van der Waals surface area contributed by atoms with Crippen LogP contribution in [0.1, 0.15) is 13.3 Å². The maximum Gasteiger partial charge on any atom is 0.173 e. The van der Waals surface area contributed by atoms with Gasteiger partial charge in [-0.25, -0.2) is 0 Å². The fraction of sp³-hybridized carbons (Fsp3) is 0.500. The third-order valence-corrected chi connectivity index (χ3v) is 4.57. The highest BCUT2D eigenvalue weighted by Crippen LogP contribution is 2.29. The lowest BCUT2D eigenvalue weighted by Gasteiger charge is -2.36. The van der Waals surface area contributed by atoms with E-state index in [1.165, 1.54) is 6.42 Å². The van der Waals surface area contributed by atoms with E-state index < -0.39 is 0 Å². The molecule has 110 valence electrons. The highest BCUT2D eigenvalue weighted by Gasteiger charge is 2.18. The Kier molecular flexibility index (Phi) is 5.90. The second kappa shape index (κ2) is 7.46. The number of benzene rings is 1. The molecule has 0 saturated carbocycles. The fourth-order valence-electron chi connectivity index (χ4n) is 2.29. The Balaban J connectivity index is 1.91. The number of thiocarbonyl (C=S) groups is 1. The summed E-state index contributed by atoms with van der Waals surface area (Å²) >= 11 is 17.6. The van der Waals surface area contributed by atoms with Gasteiger partial charge in [0.2, 0.25) is 0 Å². The van der Waals surface area contributed by atoms with E-state index >= 15 is 0 Å². The number of piperazine rings is 1. The molecule has 0 spiro atoms. The Labute approximate surface area is 135 Å². The maximum absolute atomic E-state index is 6.16. The standard InChI is InChI=1S/C14H19Cl2N3S/c1-2-6-18-7-9-19(10-8-18)14(20)17-12-5-3-4-11(15)13(12)16/h3-5H,2,6-10H2,1H3,(H,17,20). The Morgan fingerprint density at radius 3 is 2.60 bits per heavy atom. The van der Waals surface area contributed by atoms with Gasteiger partial charge >= 0.3 is 0 Å². The first-order valence-corrected chi connectivity index (χ1v) is 8.00. The molecule has 0 radical (unpaired) electrons. The number of anilines is 1. The molecule has 0 bridgehead atoms. The third-order valence-electron chi connectivity index (χ3n) is 3.39. The van der Waals surface area contributed by atoms with Crippen molar-refractivity contribution in [1.29, 1.82) is 0 Å². The van der Waals surface area contributed by atoms with Gasteiger partial charge in [0.05, 0.1) is 15.7 Å². The van der Waals surface area contributed by atoms with Crippen LogP contribution in [0.5, 0.6) is 0 Å². The van der Waals surface area contributed by atoms with Gasteiger partial charge in [0.25, 0.3) is 0 Å². The number of hydrogen-bond donors (Lipinski definition) is 1. The lowest BCUT2D eigenvalue weighted by Crippen LogP contribution is -2.50. The van der Waals surface area contributed by atoms with Crippen LogP contribution < -0.4 is 5.32 Å². The van der Waals surface area contributed by atoms with Gasteiger partial charge in [-0.15, -0.1) is 0 Å². The summed E-state index contributed by atoms with van der Waals surface area (Å²) in [5.74, 6) is 0. The molecule has 0 unspecified atom stereocenters. The van der Waals surface area contributed by atoms with Crippen LogP contribution in [-0.4, -0.2) is 47.6 Å². The van der Waals surface area contributed by atoms with Gasteiger partial charge in [-0.1, -0.05) is 36.2 Å². The number of hydrogen-bond acceptors (Lipinski definition) is 2. The molecule has 0 aliphatic carbocycles. The minimum absolute atomic E-state index is 0.515. The number of rotatable bonds is 3. The van der Waals surface area contributed by atoms with Gasteiger partial charge in [0.1, 0.15) is 0 Å². The lowest BCUT2D eigenvalue weighted by molar-refractivity contribution is 0.184. The van der Waals surface area contributed by atoms with E-state index in [2.05, 4.69) is 22.0 Å². The van der Waals surface area contributed by atoms with E-state index in [1.807, 2.05) is 12.1 Å². The first-order chi connectivity index (χ1) is 9.61. The molecule has 1 aromatic carbocycles. The molecule has 1 heterocycles. The van der Waals surface area contributed by atoms with Crippen molar-refractivity contribution < 1.29 is 0 Å². The smallest absolute Gasteiger partial charge is 0.173 e. The quantitative estimate of drug-likeness (QED) is 0.850. The minimum atomic E-state index is 0.515. The van der Waals surface area contributed by atoms with E-state index in [0.29, 0.717) is 15.2 Å². The Morgan fingerprint density at radius 2 is 1.95 bits per heavy atom. The topological polar surface area (TPSA) is 18.5 Å². The number of nitrogens with zero attached hydrogens (tertiary/aromatic N) is 2. The Hall–Kier alpha value is -0.550. The molecule has 1 N–H and O–H groups in total. The van der Waals surface area contributed by atoms with Crippen LogP contribution in [0.25, 0.3) is 0 Å². The highest BCUT2D eigenvalue weighted by atomic mass is 35.5. The largest absolute Gasteiger partial charge is 0.346 e. The predicted molar refractivity (Wildman–Crippen MR) is 91.0 cm³/mol. The van der Waals surface area contributed by atoms with Crippen LogP contribution >= 0.6 is 35.4 Å². The Bertz CT molecular complexity index is 473. The zero-order chi connectivity index (χ0) is 14.5. The van der Waals surface area contributed by atoms with Crippen LogP contribution in [0.2, 0.25) is 10.0 Å². The summed E-state index contributed by atoms with van der Waals surface area (Å²) in [6.07, 6.45) is 1.20. The van der Waals surface area contributed by atoms with Crippen molar-refractivity contribution in [2.75, 3.05) is 38.0 Å². The average Bonchev–Trinajstić information content (AvgIpc) is 2.45. The van der Waals surface area contributed by atoms with Crippen molar-refractivity contribution in [2.45, 2.75) is 13.3 Å². The van der Waals surface area contributed by atoms with E-state index in [9.17, 15) is 0 Å². The zero-order valence-corrected chi connectivity index (χ0v) is 13.9. The molecule has 2 rings (SSSR count). The second-order valence-corrected chi connectivity index (χ2v) is 6.03. The summed E-state index contributed by atoms with van der Waals surface area (Å²) in [5, 5.41) is 4.95. The zero-order valence-electron chi connectivity index (χ0n) is 11.5. The normalized spacial score (nSPS) is 16.2. The molecule has 1 aromatic rings. The van der Waals surface area contributed by atoms with Gasteiger partial charge in [-0.3, -0.25) is 4.90 Å². The van der Waals surface area contributed by atoms with Crippen LogP contribution in [0.15, 0.2) is 18.2 Å². The molecule has 1 aliphatic heterocycles. The van der Waals surface area contributed by atoms with Crippen LogP contribution in [0, 0.1) is 0 Å². The second-order valence-electron chi connectivity index (χ2n) is 4.86. The molecule has 1 aliphatic rings. The number of nitrogens with one attached hydrogen (secondary N) is 1. The summed E-state index contributed by atoms with van der Waals surface area (Å²) in [6, 6.07) is 5.51. The molecule has 0 aromatic heterocycles. The SMILES string of the molecule is CCCN1CCN(C(=S)Nc2cccc(Cl)c2Cl)CC1. The highest BCUT2D eigenvalue weighted by molar-refractivity contribution is 7.80.